The number of carbonyl (C=O) groups is 1. The topological polar surface area (TPSA) is 138 Å². The molecule has 0 spiro atoms. The Bertz CT molecular complexity index is 1330. The largest absolute Gasteiger partial charge is 0.394 e. The van der Waals surface area contributed by atoms with Crippen LogP contribution in [0.5, 0.6) is 0 Å². The first-order chi connectivity index (χ1) is 14.9. The van der Waals surface area contributed by atoms with E-state index in [-0.39, 0.29) is 11.5 Å². The first kappa shape index (κ1) is 20.7. The van der Waals surface area contributed by atoms with E-state index in [1.165, 1.54) is 12.1 Å². The predicted molar refractivity (Wildman–Crippen MR) is 117 cm³/mol. The number of carbonyl (C=O) groups excluding carboxylic acids is 1. The van der Waals surface area contributed by atoms with Crippen LogP contribution in [-0.2, 0) is 10.0 Å². The van der Waals surface area contributed by atoms with E-state index >= 15 is 0 Å². The Balaban J connectivity index is 1.58. The molecule has 1 aromatic heterocycles. The van der Waals surface area contributed by atoms with Crippen LogP contribution in [0.25, 0.3) is 22.4 Å². The van der Waals surface area contributed by atoms with Crippen molar-refractivity contribution < 1.29 is 18.3 Å². The van der Waals surface area contributed by atoms with Gasteiger partial charge in [0.15, 0.2) is 0 Å². The van der Waals surface area contributed by atoms with Gasteiger partial charge < -0.3 is 15.8 Å². The van der Waals surface area contributed by atoms with Gasteiger partial charge in [0.1, 0.15) is 5.82 Å². The Morgan fingerprint density at radius 3 is 2.42 bits per heavy atom. The number of sulfonamides is 1. The van der Waals surface area contributed by atoms with E-state index in [0.29, 0.717) is 28.0 Å². The second-order valence-corrected chi connectivity index (χ2v) is 8.69. The van der Waals surface area contributed by atoms with Gasteiger partial charge in [-0.25, -0.2) is 18.1 Å². The molecule has 4 aromatic rings. The average Bonchev–Trinajstić information content (AvgIpc) is 3.21. The summed E-state index contributed by atoms with van der Waals surface area (Å²) in [5, 5.41) is 9.64. The molecule has 3 aromatic carbocycles. The number of aromatic nitrogens is 2. The monoisotopic (exact) mass is 436 g/mol. The molecule has 0 fully saturated rings. The summed E-state index contributed by atoms with van der Waals surface area (Å²) >= 11 is 0. The number of H-pyrrole nitrogens is 1. The maximum absolute atomic E-state index is 12.8. The summed E-state index contributed by atoms with van der Waals surface area (Å²) in [7, 11) is -3.85. The van der Waals surface area contributed by atoms with Crippen molar-refractivity contribution in [3.63, 3.8) is 0 Å². The van der Waals surface area contributed by atoms with Gasteiger partial charge in [0, 0.05) is 11.1 Å². The van der Waals surface area contributed by atoms with Crippen LogP contribution >= 0.6 is 0 Å². The molecule has 158 valence electrons. The van der Waals surface area contributed by atoms with Crippen molar-refractivity contribution in [3.8, 4) is 11.4 Å². The van der Waals surface area contributed by atoms with Gasteiger partial charge in [-0.2, -0.15) is 0 Å². The molecule has 0 saturated heterocycles. The lowest BCUT2D eigenvalue weighted by atomic mass is 10.1. The van der Waals surface area contributed by atoms with Crippen LogP contribution in [0.15, 0.2) is 77.7 Å². The molecular formula is C22H20N4O4S. The minimum absolute atomic E-state index is 0.0674. The molecule has 0 radical (unpaired) electrons. The summed E-state index contributed by atoms with van der Waals surface area (Å²) in [6.07, 6.45) is 0. The van der Waals surface area contributed by atoms with Gasteiger partial charge in [0.2, 0.25) is 15.9 Å². The smallest absolute Gasteiger partial charge is 0.248 e. The van der Waals surface area contributed by atoms with E-state index < -0.39 is 22.0 Å². The standard InChI is InChI=1S/C22H20N4O4S/c23-21(28)16-8-11-18-19(12-16)25-22(24-18)15-6-9-17(10-7-15)31(29,30)26-20(13-27)14-4-2-1-3-5-14/h1-12,20,26-27H,13H2,(H2,23,28)(H,24,25)/t20-/m1/s1. The lowest BCUT2D eigenvalue weighted by Crippen LogP contribution is -2.30. The number of benzene rings is 3. The van der Waals surface area contributed by atoms with Gasteiger partial charge in [-0.05, 0) is 48.0 Å². The fourth-order valence-corrected chi connectivity index (χ4v) is 4.45. The van der Waals surface area contributed by atoms with Gasteiger partial charge in [0.25, 0.3) is 0 Å². The molecule has 0 aliphatic heterocycles. The fraction of sp³-hybridized carbons (Fsp3) is 0.0909. The van der Waals surface area contributed by atoms with Gasteiger partial charge >= 0.3 is 0 Å². The minimum Gasteiger partial charge on any atom is -0.394 e. The molecule has 1 atom stereocenters. The molecule has 31 heavy (non-hydrogen) atoms. The first-order valence-electron chi connectivity index (χ1n) is 9.45. The van der Waals surface area contributed by atoms with Crippen molar-refractivity contribution >= 4 is 27.0 Å². The van der Waals surface area contributed by atoms with Crippen molar-refractivity contribution in [3.05, 3.63) is 83.9 Å². The number of aliphatic hydroxyl groups is 1. The van der Waals surface area contributed by atoms with Crippen molar-refractivity contribution in [2.24, 2.45) is 5.73 Å². The molecule has 0 unspecified atom stereocenters. The lowest BCUT2D eigenvalue weighted by Gasteiger charge is -2.17. The second-order valence-electron chi connectivity index (χ2n) is 6.97. The summed E-state index contributed by atoms with van der Waals surface area (Å²) in [4.78, 5) is 19.0. The zero-order valence-electron chi connectivity index (χ0n) is 16.3. The van der Waals surface area contributed by atoms with Gasteiger partial charge in [-0.1, -0.05) is 30.3 Å². The summed E-state index contributed by atoms with van der Waals surface area (Å²) in [6, 6.07) is 19.3. The Morgan fingerprint density at radius 1 is 1.06 bits per heavy atom. The Hall–Kier alpha value is -3.53. The molecule has 0 aliphatic rings. The number of hydrogen-bond acceptors (Lipinski definition) is 5. The van der Waals surface area contributed by atoms with E-state index in [1.807, 2.05) is 6.07 Å². The number of aromatic amines is 1. The Labute approximate surface area is 178 Å². The van der Waals surface area contributed by atoms with E-state index in [0.717, 1.165) is 5.52 Å². The van der Waals surface area contributed by atoms with Crippen LogP contribution in [-0.4, -0.2) is 36.0 Å². The normalized spacial score (nSPS) is 12.7. The quantitative estimate of drug-likeness (QED) is 0.352. The maximum atomic E-state index is 12.8. The third-order valence-corrected chi connectivity index (χ3v) is 6.38. The zero-order chi connectivity index (χ0) is 22.0. The molecule has 8 nitrogen and oxygen atoms in total. The molecule has 4 rings (SSSR count). The molecule has 5 N–H and O–H groups in total. The highest BCUT2D eigenvalue weighted by Crippen LogP contribution is 2.24. The molecule has 1 heterocycles. The van der Waals surface area contributed by atoms with Crippen LogP contribution in [0.3, 0.4) is 0 Å². The first-order valence-corrected chi connectivity index (χ1v) is 10.9. The summed E-state index contributed by atoms with van der Waals surface area (Å²) < 4.78 is 28.1. The minimum atomic E-state index is -3.85. The number of imidazole rings is 1. The highest BCUT2D eigenvalue weighted by Gasteiger charge is 2.21. The van der Waals surface area contributed by atoms with Crippen LogP contribution < -0.4 is 10.5 Å². The van der Waals surface area contributed by atoms with Crippen molar-refractivity contribution in [2.75, 3.05) is 6.61 Å². The van der Waals surface area contributed by atoms with E-state index in [9.17, 15) is 18.3 Å². The molecule has 1 amide bonds. The molecule has 0 aliphatic carbocycles. The van der Waals surface area contributed by atoms with Crippen molar-refractivity contribution in [1.29, 1.82) is 0 Å². The zero-order valence-corrected chi connectivity index (χ0v) is 17.1. The predicted octanol–water partition coefficient (Wildman–Crippen LogP) is 2.34. The number of rotatable bonds is 7. The molecular weight excluding hydrogens is 416 g/mol. The van der Waals surface area contributed by atoms with Crippen LogP contribution in [0.4, 0.5) is 0 Å². The third-order valence-electron chi connectivity index (χ3n) is 4.89. The van der Waals surface area contributed by atoms with Gasteiger partial charge in [-0.15, -0.1) is 0 Å². The average molecular weight is 436 g/mol. The van der Waals surface area contributed by atoms with Gasteiger partial charge in [0.05, 0.1) is 28.6 Å². The Morgan fingerprint density at radius 2 is 1.77 bits per heavy atom. The molecule has 0 saturated carbocycles. The highest BCUT2D eigenvalue weighted by atomic mass is 32.2. The van der Waals surface area contributed by atoms with Crippen molar-refractivity contribution in [1.82, 2.24) is 14.7 Å². The highest BCUT2D eigenvalue weighted by molar-refractivity contribution is 7.89. The number of hydrogen-bond donors (Lipinski definition) is 4. The Kier molecular flexibility index (Phi) is 5.55. The summed E-state index contributed by atoms with van der Waals surface area (Å²) in [5.74, 6) is -0.00348. The SMILES string of the molecule is NC(=O)c1ccc2[nH]c(-c3ccc(S(=O)(=O)N[C@H](CO)c4ccccc4)cc3)nc2c1. The van der Waals surface area contributed by atoms with Crippen LogP contribution in [0.1, 0.15) is 22.0 Å². The summed E-state index contributed by atoms with van der Waals surface area (Å²) in [5.41, 5.74) is 8.32. The van der Waals surface area contributed by atoms with Crippen molar-refractivity contribution in [2.45, 2.75) is 10.9 Å². The lowest BCUT2D eigenvalue weighted by molar-refractivity contribution is 0.100. The molecule has 9 heteroatoms. The third kappa shape index (κ3) is 4.33. The van der Waals surface area contributed by atoms with E-state index in [4.69, 9.17) is 5.73 Å². The number of nitrogens with two attached hydrogens (primary N) is 1. The number of nitrogens with one attached hydrogen (secondary N) is 2. The van der Waals surface area contributed by atoms with E-state index in [1.54, 1.807) is 54.6 Å². The van der Waals surface area contributed by atoms with E-state index in [2.05, 4.69) is 14.7 Å². The molecule has 0 bridgehead atoms. The van der Waals surface area contributed by atoms with Crippen LogP contribution in [0, 0.1) is 0 Å². The summed E-state index contributed by atoms with van der Waals surface area (Å²) in [6.45, 7) is -0.367. The fourth-order valence-electron chi connectivity index (χ4n) is 3.24. The number of aliphatic hydroxyl groups excluding tert-OH is 1. The van der Waals surface area contributed by atoms with Crippen LogP contribution in [0.2, 0.25) is 0 Å². The second kappa shape index (κ2) is 8.31. The maximum Gasteiger partial charge on any atom is 0.248 e. The number of fused-ring (bicyclic) bond motifs is 1. The number of primary amides is 1. The van der Waals surface area contributed by atoms with Gasteiger partial charge in [-0.3, -0.25) is 4.79 Å². The number of nitrogens with zero attached hydrogens (tertiary/aromatic N) is 1. The number of amides is 1.